The van der Waals surface area contributed by atoms with Crippen molar-refractivity contribution < 1.29 is 19.4 Å². The van der Waals surface area contributed by atoms with Gasteiger partial charge in [-0.2, -0.15) is 0 Å². The lowest BCUT2D eigenvalue weighted by molar-refractivity contribution is -0.170. The molecule has 1 aromatic carbocycles. The van der Waals surface area contributed by atoms with Crippen LogP contribution in [-0.4, -0.2) is 24.0 Å². The van der Waals surface area contributed by atoms with E-state index in [1.807, 2.05) is 0 Å². The van der Waals surface area contributed by atoms with Gasteiger partial charge in [-0.1, -0.05) is 23.2 Å². The normalized spacial score (nSPS) is 12.2. The van der Waals surface area contributed by atoms with Gasteiger partial charge in [-0.25, -0.2) is 4.79 Å². The fourth-order valence-electron chi connectivity index (χ4n) is 1.03. The smallest absolute Gasteiger partial charge is 0.373 e. The molecule has 0 spiro atoms. The quantitative estimate of drug-likeness (QED) is 0.831. The van der Waals surface area contributed by atoms with Gasteiger partial charge in [0.05, 0.1) is 0 Å². The summed E-state index contributed by atoms with van der Waals surface area (Å²) in [4.78, 5) is 10.7. The summed E-state index contributed by atoms with van der Waals surface area (Å²) >= 11 is 11.5. The lowest BCUT2D eigenvalue weighted by Gasteiger charge is -2.14. The molecule has 1 aromatic rings. The lowest BCUT2D eigenvalue weighted by Crippen LogP contribution is -2.30. The van der Waals surface area contributed by atoms with E-state index in [-0.39, 0.29) is 12.4 Å². The Balaban J connectivity index is 2.80. The molecule has 0 amide bonds. The van der Waals surface area contributed by atoms with E-state index in [1.54, 1.807) is 6.92 Å². The van der Waals surface area contributed by atoms with E-state index in [0.29, 0.717) is 10.0 Å². The maximum Gasteiger partial charge on any atom is 0.373 e. The van der Waals surface area contributed by atoms with Crippen LogP contribution < -0.4 is 4.74 Å². The highest BCUT2D eigenvalue weighted by Crippen LogP contribution is 2.25. The summed E-state index contributed by atoms with van der Waals surface area (Å²) in [5, 5.41) is 9.52. The summed E-state index contributed by atoms with van der Waals surface area (Å²) in [6, 6.07) is 4.44. The van der Waals surface area contributed by atoms with E-state index in [1.165, 1.54) is 18.2 Å². The Hall–Kier alpha value is -0.970. The van der Waals surface area contributed by atoms with Crippen LogP contribution in [-0.2, 0) is 9.53 Å². The number of benzene rings is 1. The summed E-state index contributed by atoms with van der Waals surface area (Å²) in [5.74, 6) is -0.962. The molecule has 0 fully saturated rings. The average Bonchev–Trinajstić information content (AvgIpc) is 2.15. The van der Waals surface area contributed by atoms with E-state index in [9.17, 15) is 4.79 Å². The van der Waals surface area contributed by atoms with Crippen molar-refractivity contribution in [2.24, 2.45) is 0 Å². The molecule has 0 aliphatic carbocycles. The average molecular weight is 265 g/mol. The van der Waals surface area contributed by atoms with Gasteiger partial charge in [-0.15, -0.1) is 0 Å². The fraction of sp³-hybridized carbons (Fsp3) is 0.300. The monoisotopic (exact) mass is 264 g/mol. The highest BCUT2D eigenvalue weighted by molar-refractivity contribution is 6.34. The van der Waals surface area contributed by atoms with Gasteiger partial charge in [0.15, 0.2) is 0 Å². The highest BCUT2D eigenvalue weighted by atomic mass is 35.5. The molecule has 16 heavy (non-hydrogen) atoms. The van der Waals surface area contributed by atoms with Gasteiger partial charge in [-0.05, 0) is 25.1 Å². The van der Waals surface area contributed by atoms with Gasteiger partial charge < -0.3 is 14.6 Å². The molecular formula is C10H10Cl2O4. The maximum atomic E-state index is 10.7. The molecule has 0 saturated heterocycles. The van der Waals surface area contributed by atoms with Gasteiger partial charge in [0, 0.05) is 16.7 Å². The molecule has 6 heteroatoms. The highest BCUT2D eigenvalue weighted by Gasteiger charge is 2.19. The van der Waals surface area contributed by atoms with Gasteiger partial charge in [0.1, 0.15) is 5.75 Å². The Morgan fingerprint density at radius 3 is 2.38 bits per heavy atom. The van der Waals surface area contributed by atoms with Gasteiger partial charge in [0.25, 0.3) is 6.29 Å². The Bertz CT molecular complexity index is 361. The number of hydrogen-bond donors (Lipinski definition) is 1. The maximum absolute atomic E-state index is 10.7. The van der Waals surface area contributed by atoms with Crippen molar-refractivity contribution >= 4 is 29.2 Å². The van der Waals surface area contributed by atoms with Crippen LogP contribution in [0.1, 0.15) is 6.92 Å². The number of carbonyl (C=O) groups is 1. The topological polar surface area (TPSA) is 55.8 Å². The van der Waals surface area contributed by atoms with Crippen LogP contribution >= 0.6 is 23.2 Å². The SMILES string of the molecule is CCOC(Oc1cc(Cl)cc(Cl)c1)C(=O)O. The van der Waals surface area contributed by atoms with Crippen molar-refractivity contribution in [1.82, 2.24) is 0 Å². The summed E-state index contributed by atoms with van der Waals surface area (Å²) in [6.45, 7) is 1.90. The first kappa shape index (κ1) is 13.1. The number of hydrogen-bond acceptors (Lipinski definition) is 3. The molecule has 0 saturated carbocycles. The van der Waals surface area contributed by atoms with Gasteiger partial charge in [-0.3, -0.25) is 0 Å². The lowest BCUT2D eigenvalue weighted by atomic mass is 10.3. The number of ether oxygens (including phenoxy) is 2. The first-order valence-electron chi connectivity index (χ1n) is 4.50. The van der Waals surface area contributed by atoms with Crippen molar-refractivity contribution in [3.8, 4) is 5.75 Å². The van der Waals surface area contributed by atoms with E-state index in [2.05, 4.69) is 0 Å². The number of rotatable bonds is 5. The predicted molar refractivity (Wildman–Crippen MR) is 60.1 cm³/mol. The molecule has 1 N–H and O–H groups in total. The summed E-state index contributed by atoms with van der Waals surface area (Å²) in [5.41, 5.74) is 0. The minimum absolute atomic E-state index is 0.227. The van der Waals surface area contributed by atoms with E-state index in [4.69, 9.17) is 37.8 Å². The van der Waals surface area contributed by atoms with E-state index < -0.39 is 12.3 Å². The zero-order valence-electron chi connectivity index (χ0n) is 8.44. The van der Waals surface area contributed by atoms with Crippen molar-refractivity contribution in [3.63, 3.8) is 0 Å². The van der Waals surface area contributed by atoms with Gasteiger partial charge in [0.2, 0.25) is 0 Å². The Labute approximate surface area is 103 Å². The molecule has 1 atom stereocenters. The minimum Gasteiger partial charge on any atom is -0.477 e. The second-order valence-electron chi connectivity index (χ2n) is 2.85. The molecule has 1 unspecified atom stereocenters. The predicted octanol–water partition coefficient (Wildman–Crippen LogP) is 2.82. The van der Waals surface area contributed by atoms with Crippen molar-refractivity contribution in [2.75, 3.05) is 6.61 Å². The first-order valence-corrected chi connectivity index (χ1v) is 5.25. The Morgan fingerprint density at radius 2 is 1.94 bits per heavy atom. The molecule has 88 valence electrons. The molecule has 0 bridgehead atoms. The number of aliphatic carboxylic acids is 1. The van der Waals surface area contributed by atoms with E-state index in [0.717, 1.165) is 0 Å². The molecule has 0 aromatic heterocycles. The second kappa shape index (κ2) is 5.94. The van der Waals surface area contributed by atoms with Crippen LogP contribution in [0, 0.1) is 0 Å². The van der Waals surface area contributed by atoms with Crippen LogP contribution in [0.25, 0.3) is 0 Å². The van der Waals surface area contributed by atoms with Crippen LogP contribution in [0.3, 0.4) is 0 Å². The largest absolute Gasteiger partial charge is 0.477 e. The summed E-state index contributed by atoms with van der Waals surface area (Å²) in [6.07, 6.45) is -1.36. The third-order valence-corrected chi connectivity index (χ3v) is 2.04. The summed E-state index contributed by atoms with van der Waals surface area (Å²) in [7, 11) is 0. The molecule has 0 radical (unpaired) electrons. The molecule has 0 aliphatic rings. The molecule has 0 heterocycles. The summed E-state index contributed by atoms with van der Waals surface area (Å²) < 4.78 is 9.97. The van der Waals surface area contributed by atoms with Crippen molar-refractivity contribution in [3.05, 3.63) is 28.2 Å². The number of carboxylic acids is 1. The second-order valence-corrected chi connectivity index (χ2v) is 3.72. The number of halogens is 2. The Morgan fingerprint density at radius 1 is 1.38 bits per heavy atom. The van der Waals surface area contributed by atoms with Crippen molar-refractivity contribution in [2.45, 2.75) is 13.2 Å². The van der Waals surface area contributed by atoms with Crippen LogP contribution in [0.4, 0.5) is 0 Å². The molecular weight excluding hydrogens is 255 g/mol. The molecule has 4 nitrogen and oxygen atoms in total. The third-order valence-electron chi connectivity index (χ3n) is 1.60. The molecule has 1 rings (SSSR count). The van der Waals surface area contributed by atoms with Crippen LogP contribution in [0.2, 0.25) is 10.0 Å². The van der Waals surface area contributed by atoms with Gasteiger partial charge >= 0.3 is 5.97 Å². The zero-order valence-corrected chi connectivity index (χ0v) is 9.96. The fourth-order valence-corrected chi connectivity index (χ4v) is 1.53. The standard InChI is InChI=1S/C10H10Cl2O4/c1-2-15-10(9(13)14)16-8-4-6(11)3-7(12)5-8/h3-5,10H,2H2,1H3,(H,13,14). The van der Waals surface area contributed by atoms with E-state index >= 15 is 0 Å². The first-order chi connectivity index (χ1) is 7.52. The van der Waals surface area contributed by atoms with Crippen molar-refractivity contribution in [1.29, 1.82) is 0 Å². The minimum atomic E-state index is -1.36. The zero-order chi connectivity index (χ0) is 12.1. The van der Waals surface area contributed by atoms with Crippen LogP contribution in [0.15, 0.2) is 18.2 Å². The van der Waals surface area contributed by atoms with Crippen LogP contribution in [0.5, 0.6) is 5.75 Å². The number of carboxylic acid groups (broad SMARTS) is 1. The molecule has 0 aliphatic heterocycles. The third kappa shape index (κ3) is 3.89. The Kier molecular flexibility index (Phi) is 4.86.